The Hall–Kier alpha value is -0.760. The predicted octanol–water partition coefficient (Wildman–Crippen LogP) is 3.55. The van der Waals surface area contributed by atoms with E-state index in [1.165, 1.54) is 22.2 Å². The highest BCUT2D eigenvalue weighted by Gasteiger charge is 2.01. The second-order valence-electron chi connectivity index (χ2n) is 3.14. The summed E-state index contributed by atoms with van der Waals surface area (Å²) >= 11 is 3.48. The Morgan fingerprint density at radius 3 is 2.67 bits per heavy atom. The first-order chi connectivity index (χ1) is 5.66. The van der Waals surface area contributed by atoms with Crippen molar-refractivity contribution in [2.24, 2.45) is 0 Å². The Kier molecular flexibility index (Phi) is 1.72. The monoisotopic (exact) mass is 223 g/mol. The zero-order valence-corrected chi connectivity index (χ0v) is 8.70. The maximum Gasteiger partial charge on any atom is 0.0486 e. The van der Waals surface area contributed by atoms with Crippen LogP contribution in [0.2, 0.25) is 0 Å². The van der Waals surface area contributed by atoms with Gasteiger partial charge >= 0.3 is 0 Å². The Labute approximate surface area is 79.9 Å². The van der Waals surface area contributed by atoms with Crippen LogP contribution in [0.3, 0.4) is 0 Å². The molecule has 0 unspecified atom stereocenters. The summed E-state index contributed by atoms with van der Waals surface area (Å²) in [6.07, 6.45) is 0. The van der Waals surface area contributed by atoms with Crippen LogP contribution in [0.25, 0.3) is 10.9 Å². The number of aromatic nitrogens is 1. The van der Waals surface area contributed by atoms with Gasteiger partial charge in [-0.05, 0) is 37.6 Å². The van der Waals surface area contributed by atoms with E-state index in [2.05, 4.69) is 53.0 Å². The number of nitrogens with one attached hydrogen (secondary N) is 1. The SMILES string of the molecule is Cc1cc2cc(Br)cc(C)c2[nH]1. The Bertz CT molecular complexity index is 429. The topological polar surface area (TPSA) is 15.8 Å². The Morgan fingerprint density at radius 2 is 1.92 bits per heavy atom. The number of hydrogen-bond donors (Lipinski definition) is 1. The lowest BCUT2D eigenvalue weighted by Crippen LogP contribution is -1.76. The highest BCUT2D eigenvalue weighted by Crippen LogP contribution is 2.23. The minimum Gasteiger partial charge on any atom is -0.358 e. The quantitative estimate of drug-likeness (QED) is 0.704. The molecule has 0 aliphatic heterocycles. The fourth-order valence-corrected chi connectivity index (χ4v) is 2.11. The molecule has 0 atom stereocenters. The lowest BCUT2D eigenvalue weighted by Gasteiger charge is -1.96. The van der Waals surface area contributed by atoms with Gasteiger partial charge in [0.05, 0.1) is 0 Å². The van der Waals surface area contributed by atoms with Crippen LogP contribution in [-0.4, -0.2) is 4.98 Å². The minimum absolute atomic E-state index is 1.14. The summed E-state index contributed by atoms with van der Waals surface area (Å²) in [6.45, 7) is 4.19. The third-order valence-corrected chi connectivity index (χ3v) is 2.48. The van der Waals surface area contributed by atoms with E-state index in [4.69, 9.17) is 0 Å². The van der Waals surface area contributed by atoms with Crippen LogP contribution in [0.15, 0.2) is 22.7 Å². The fourth-order valence-electron chi connectivity index (χ4n) is 1.52. The zero-order chi connectivity index (χ0) is 8.72. The van der Waals surface area contributed by atoms with Gasteiger partial charge in [-0.25, -0.2) is 0 Å². The second-order valence-corrected chi connectivity index (χ2v) is 4.05. The molecule has 2 aromatic rings. The molecule has 0 radical (unpaired) electrons. The average molecular weight is 224 g/mol. The zero-order valence-electron chi connectivity index (χ0n) is 7.11. The van der Waals surface area contributed by atoms with Gasteiger partial charge < -0.3 is 4.98 Å². The first-order valence-corrected chi connectivity index (χ1v) is 4.71. The van der Waals surface area contributed by atoms with Gasteiger partial charge in [-0.1, -0.05) is 15.9 Å². The summed E-state index contributed by atoms with van der Waals surface area (Å²) in [5, 5.41) is 1.28. The van der Waals surface area contributed by atoms with Crippen LogP contribution in [-0.2, 0) is 0 Å². The van der Waals surface area contributed by atoms with Gasteiger partial charge in [-0.15, -0.1) is 0 Å². The summed E-state index contributed by atoms with van der Waals surface area (Å²) in [4.78, 5) is 3.33. The first-order valence-electron chi connectivity index (χ1n) is 3.92. The molecule has 2 rings (SSSR count). The summed E-state index contributed by atoms with van der Waals surface area (Å²) in [7, 11) is 0. The maximum atomic E-state index is 3.48. The molecule has 1 N–H and O–H groups in total. The summed E-state index contributed by atoms with van der Waals surface area (Å²) in [6, 6.07) is 6.41. The highest BCUT2D eigenvalue weighted by atomic mass is 79.9. The van der Waals surface area contributed by atoms with Crippen LogP contribution in [0.1, 0.15) is 11.3 Å². The number of aryl methyl sites for hydroxylation is 2. The molecule has 0 saturated heterocycles. The molecule has 62 valence electrons. The van der Waals surface area contributed by atoms with Gasteiger partial charge in [0, 0.05) is 21.1 Å². The third kappa shape index (κ3) is 1.16. The van der Waals surface area contributed by atoms with E-state index in [1.807, 2.05) is 0 Å². The molecule has 0 fully saturated rings. The van der Waals surface area contributed by atoms with Crippen molar-refractivity contribution in [1.82, 2.24) is 4.98 Å². The predicted molar refractivity (Wildman–Crippen MR) is 55.5 cm³/mol. The van der Waals surface area contributed by atoms with E-state index in [9.17, 15) is 0 Å². The molecule has 0 aliphatic rings. The molecule has 1 aromatic heterocycles. The molecule has 0 saturated carbocycles. The van der Waals surface area contributed by atoms with Gasteiger partial charge in [0.15, 0.2) is 0 Å². The number of benzene rings is 1. The number of fused-ring (bicyclic) bond motifs is 1. The van der Waals surface area contributed by atoms with Crippen molar-refractivity contribution in [1.29, 1.82) is 0 Å². The molecule has 12 heavy (non-hydrogen) atoms. The van der Waals surface area contributed by atoms with Crippen LogP contribution in [0, 0.1) is 13.8 Å². The van der Waals surface area contributed by atoms with E-state index < -0.39 is 0 Å². The van der Waals surface area contributed by atoms with Gasteiger partial charge in [0.25, 0.3) is 0 Å². The van der Waals surface area contributed by atoms with E-state index >= 15 is 0 Å². The molecule has 0 spiro atoms. The van der Waals surface area contributed by atoms with Crippen molar-refractivity contribution in [2.75, 3.05) is 0 Å². The number of H-pyrrole nitrogens is 1. The van der Waals surface area contributed by atoms with Crippen LogP contribution >= 0.6 is 15.9 Å². The smallest absolute Gasteiger partial charge is 0.0486 e. The van der Waals surface area contributed by atoms with Crippen LogP contribution in [0.5, 0.6) is 0 Å². The van der Waals surface area contributed by atoms with Crippen molar-refractivity contribution in [3.63, 3.8) is 0 Å². The number of rotatable bonds is 0. The number of halogens is 1. The van der Waals surface area contributed by atoms with E-state index in [0.29, 0.717) is 0 Å². The third-order valence-electron chi connectivity index (χ3n) is 2.02. The van der Waals surface area contributed by atoms with E-state index in [0.717, 1.165) is 4.47 Å². The van der Waals surface area contributed by atoms with Gasteiger partial charge in [-0.2, -0.15) is 0 Å². The molecule has 1 aromatic carbocycles. The van der Waals surface area contributed by atoms with Crippen molar-refractivity contribution < 1.29 is 0 Å². The normalized spacial score (nSPS) is 10.9. The maximum absolute atomic E-state index is 3.48. The van der Waals surface area contributed by atoms with E-state index in [-0.39, 0.29) is 0 Å². The Balaban J connectivity index is 2.88. The van der Waals surface area contributed by atoms with Crippen molar-refractivity contribution in [3.8, 4) is 0 Å². The summed E-state index contributed by atoms with van der Waals surface area (Å²) < 4.78 is 1.14. The second kappa shape index (κ2) is 2.63. The van der Waals surface area contributed by atoms with Gasteiger partial charge in [0.2, 0.25) is 0 Å². The molecule has 1 heterocycles. The van der Waals surface area contributed by atoms with Gasteiger partial charge in [0.1, 0.15) is 0 Å². The highest BCUT2D eigenvalue weighted by molar-refractivity contribution is 9.10. The molecule has 0 bridgehead atoms. The number of aromatic amines is 1. The number of hydrogen-bond acceptors (Lipinski definition) is 0. The molecule has 2 heteroatoms. The summed E-state index contributed by atoms with van der Waals surface area (Å²) in [5.74, 6) is 0. The van der Waals surface area contributed by atoms with Crippen molar-refractivity contribution in [2.45, 2.75) is 13.8 Å². The van der Waals surface area contributed by atoms with Crippen molar-refractivity contribution >= 4 is 26.8 Å². The Morgan fingerprint density at radius 1 is 1.17 bits per heavy atom. The van der Waals surface area contributed by atoms with Crippen LogP contribution < -0.4 is 0 Å². The largest absolute Gasteiger partial charge is 0.358 e. The van der Waals surface area contributed by atoms with Crippen LogP contribution in [0.4, 0.5) is 0 Å². The lowest BCUT2D eigenvalue weighted by molar-refractivity contribution is 1.29. The van der Waals surface area contributed by atoms with Crippen molar-refractivity contribution in [3.05, 3.63) is 33.9 Å². The molecule has 0 amide bonds. The molecular weight excluding hydrogens is 214 g/mol. The first kappa shape index (κ1) is 7.87. The molecular formula is C10H10BrN. The molecule has 1 nitrogen and oxygen atoms in total. The minimum atomic E-state index is 1.14. The van der Waals surface area contributed by atoms with E-state index in [1.54, 1.807) is 0 Å². The summed E-state index contributed by atoms with van der Waals surface area (Å²) in [5.41, 5.74) is 3.74. The average Bonchev–Trinajstić information content (AvgIpc) is 2.29. The standard InChI is InChI=1S/C10H10BrN/c1-6-3-9(11)5-8-4-7(2)12-10(6)8/h3-5,12H,1-2H3. The lowest BCUT2D eigenvalue weighted by atomic mass is 10.2. The fraction of sp³-hybridized carbons (Fsp3) is 0.200. The molecule has 0 aliphatic carbocycles. The van der Waals surface area contributed by atoms with Gasteiger partial charge in [-0.3, -0.25) is 0 Å².